The highest BCUT2D eigenvalue weighted by molar-refractivity contribution is 5.75. The summed E-state index contributed by atoms with van der Waals surface area (Å²) in [4.78, 5) is 20.6. The number of aliphatic hydroxyl groups excluding tert-OH is 4. The summed E-state index contributed by atoms with van der Waals surface area (Å²) < 4.78 is 4.07. The van der Waals surface area contributed by atoms with Gasteiger partial charge in [-0.1, -0.05) is 0 Å². The Hall–Kier alpha value is -1.02. The molecule has 0 aliphatic rings. The average molecular weight is 208 g/mol. The van der Waals surface area contributed by atoms with E-state index >= 15 is 0 Å². The van der Waals surface area contributed by atoms with Crippen LogP contribution in [0.2, 0.25) is 0 Å². The van der Waals surface area contributed by atoms with Crippen LogP contribution in [-0.4, -0.2) is 64.2 Å². The molecular weight excluding hydrogens is 196 g/mol. The number of aliphatic hydroxyl groups is 4. The fourth-order valence-electron chi connectivity index (χ4n) is 0.729. The molecule has 0 saturated carbocycles. The first kappa shape index (κ1) is 13.0. The molecule has 0 aromatic rings. The summed E-state index contributed by atoms with van der Waals surface area (Å²) in [5.41, 5.74) is 0. The number of hydrogen-bond acceptors (Lipinski definition) is 7. The molecule has 4 atom stereocenters. The maximum Gasteiger partial charge on any atom is 0.337 e. The SMILES string of the molecule is COC(=O)[C@@H](O)[C@@H](O)[C@H](O)[C@H](O)C=O. The summed E-state index contributed by atoms with van der Waals surface area (Å²) >= 11 is 0. The molecule has 0 bridgehead atoms. The lowest BCUT2D eigenvalue weighted by Gasteiger charge is -2.22. The predicted octanol–water partition coefficient (Wildman–Crippen LogP) is -3.20. The molecule has 0 spiro atoms. The van der Waals surface area contributed by atoms with Crippen molar-refractivity contribution in [2.75, 3.05) is 7.11 Å². The maximum atomic E-state index is 10.7. The summed E-state index contributed by atoms with van der Waals surface area (Å²) in [6.07, 6.45) is -7.84. The number of esters is 1. The van der Waals surface area contributed by atoms with E-state index in [9.17, 15) is 9.59 Å². The van der Waals surface area contributed by atoms with Crippen molar-refractivity contribution < 1.29 is 34.8 Å². The number of carbonyl (C=O) groups excluding carboxylic acids is 2. The molecule has 0 radical (unpaired) electrons. The lowest BCUT2D eigenvalue weighted by atomic mass is 10.0. The highest BCUT2D eigenvalue weighted by Gasteiger charge is 2.34. The molecule has 0 heterocycles. The lowest BCUT2D eigenvalue weighted by molar-refractivity contribution is -0.166. The van der Waals surface area contributed by atoms with Gasteiger partial charge in [0.1, 0.15) is 18.3 Å². The number of methoxy groups -OCH3 is 1. The topological polar surface area (TPSA) is 124 Å². The van der Waals surface area contributed by atoms with Crippen LogP contribution in [0.25, 0.3) is 0 Å². The second-order valence-corrected chi connectivity index (χ2v) is 2.58. The lowest BCUT2D eigenvalue weighted by Crippen LogP contribution is -2.48. The normalized spacial score (nSPS) is 19.2. The molecule has 7 heteroatoms. The number of ether oxygens (including phenoxy) is 1. The van der Waals surface area contributed by atoms with Crippen LogP contribution in [0.4, 0.5) is 0 Å². The predicted molar refractivity (Wildman–Crippen MR) is 42.1 cm³/mol. The number of carbonyl (C=O) groups is 2. The Morgan fingerprint density at radius 1 is 1.21 bits per heavy atom. The minimum atomic E-state index is -2.01. The van der Waals surface area contributed by atoms with Gasteiger partial charge < -0.3 is 30.0 Å². The van der Waals surface area contributed by atoms with Crippen molar-refractivity contribution in [1.82, 2.24) is 0 Å². The van der Waals surface area contributed by atoms with Gasteiger partial charge in [0.2, 0.25) is 0 Å². The van der Waals surface area contributed by atoms with E-state index in [0.717, 1.165) is 7.11 Å². The van der Waals surface area contributed by atoms with Gasteiger partial charge in [0, 0.05) is 0 Å². The minimum absolute atomic E-state index is 0.0299. The first-order valence-electron chi connectivity index (χ1n) is 3.71. The van der Waals surface area contributed by atoms with Crippen LogP contribution in [0.1, 0.15) is 0 Å². The Morgan fingerprint density at radius 2 is 1.71 bits per heavy atom. The van der Waals surface area contributed by atoms with Crippen molar-refractivity contribution in [3.8, 4) is 0 Å². The van der Waals surface area contributed by atoms with Crippen LogP contribution >= 0.6 is 0 Å². The Balaban J connectivity index is 4.37. The van der Waals surface area contributed by atoms with E-state index in [0.29, 0.717) is 0 Å². The Bertz CT molecular complexity index is 204. The van der Waals surface area contributed by atoms with Crippen molar-refractivity contribution in [2.24, 2.45) is 0 Å². The first-order valence-corrected chi connectivity index (χ1v) is 3.71. The maximum absolute atomic E-state index is 10.7. The van der Waals surface area contributed by atoms with Gasteiger partial charge >= 0.3 is 5.97 Å². The van der Waals surface area contributed by atoms with Gasteiger partial charge in [-0.05, 0) is 0 Å². The molecule has 0 aromatic carbocycles. The third kappa shape index (κ3) is 3.04. The monoisotopic (exact) mass is 208 g/mol. The van der Waals surface area contributed by atoms with Crippen LogP contribution in [0.15, 0.2) is 0 Å². The molecule has 0 aromatic heterocycles. The molecule has 0 aliphatic carbocycles. The summed E-state index contributed by atoms with van der Waals surface area (Å²) in [6.45, 7) is 0. The van der Waals surface area contributed by atoms with Gasteiger partial charge in [-0.3, -0.25) is 0 Å². The number of aldehydes is 1. The van der Waals surface area contributed by atoms with E-state index < -0.39 is 30.4 Å². The number of rotatable bonds is 5. The fraction of sp³-hybridized carbons (Fsp3) is 0.714. The molecule has 0 aliphatic heterocycles. The van der Waals surface area contributed by atoms with Gasteiger partial charge in [-0.25, -0.2) is 4.79 Å². The highest BCUT2D eigenvalue weighted by atomic mass is 16.5. The molecular formula is C7H12O7. The van der Waals surface area contributed by atoms with Gasteiger partial charge in [0.05, 0.1) is 7.11 Å². The molecule has 0 fully saturated rings. The summed E-state index contributed by atoms with van der Waals surface area (Å²) in [6, 6.07) is 0. The molecule has 14 heavy (non-hydrogen) atoms. The van der Waals surface area contributed by atoms with E-state index in [-0.39, 0.29) is 6.29 Å². The molecule has 82 valence electrons. The van der Waals surface area contributed by atoms with Gasteiger partial charge in [-0.2, -0.15) is 0 Å². The quantitative estimate of drug-likeness (QED) is 0.277. The minimum Gasteiger partial charge on any atom is -0.467 e. The van der Waals surface area contributed by atoms with E-state index in [1.807, 2.05) is 0 Å². The Morgan fingerprint density at radius 3 is 2.07 bits per heavy atom. The molecule has 0 unspecified atom stereocenters. The summed E-state index contributed by atoms with van der Waals surface area (Å²) in [7, 11) is 0.973. The zero-order chi connectivity index (χ0) is 11.3. The Kier molecular flexibility index (Phi) is 5.24. The van der Waals surface area contributed by atoms with Gasteiger partial charge in [-0.15, -0.1) is 0 Å². The van der Waals surface area contributed by atoms with Crippen molar-refractivity contribution in [3.63, 3.8) is 0 Å². The van der Waals surface area contributed by atoms with Crippen molar-refractivity contribution in [2.45, 2.75) is 24.4 Å². The third-order valence-corrected chi connectivity index (χ3v) is 1.61. The van der Waals surface area contributed by atoms with Crippen LogP contribution < -0.4 is 0 Å². The van der Waals surface area contributed by atoms with E-state index in [1.165, 1.54) is 0 Å². The first-order chi connectivity index (χ1) is 6.45. The van der Waals surface area contributed by atoms with Crippen LogP contribution in [0.3, 0.4) is 0 Å². The highest BCUT2D eigenvalue weighted by Crippen LogP contribution is 2.05. The second-order valence-electron chi connectivity index (χ2n) is 2.58. The van der Waals surface area contributed by atoms with Crippen LogP contribution in [0.5, 0.6) is 0 Å². The van der Waals surface area contributed by atoms with Crippen molar-refractivity contribution >= 4 is 12.3 Å². The molecule has 4 N–H and O–H groups in total. The molecule has 0 rings (SSSR count). The molecule has 0 saturated heterocycles. The summed E-state index contributed by atoms with van der Waals surface area (Å²) in [5.74, 6) is -1.17. The van der Waals surface area contributed by atoms with Crippen LogP contribution in [0, 0.1) is 0 Å². The largest absolute Gasteiger partial charge is 0.467 e. The van der Waals surface area contributed by atoms with E-state index in [4.69, 9.17) is 20.4 Å². The standard InChI is InChI=1S/C7H12O7/c1-14-7(13)6(12)5(11)4(10)3(9)2-8/h2-6,9-12H,1H3/t3-,4-,5+,6+/m1/s1. The van der Waals surface area contributed by atoms with E-state index in [2.05, 4.69) is 4.74 Å². The van der Waals surface area contributed by atoms with Crippen molar-refractivity contribution in [1.29, 1.82) is 0 Å². The van der Waals surface area contributed by atoms with Crippen LogP contribution in [-0.2, 0) is 14.3 Å². The smallest absolute Gasteiger partial charge is 0.337 e. The Labute approximate surface area is 79.5 Å². The zero-order valence-electron chi connectivity index (χ0n) is 7.40. The third-order valence-electron chi connectivity index (χ3n) is 1.61. The number of hydrogen-bond donors (Lipinski definition) is 4. The zero-order valence-corrected chi connectivity index (χ0v) is 7.40. The summed E-state index contributed by atoms with van der Waals surface area (Å²) in [5, 5.41) is 35.8. The van der Waals surface area contributed by atoms with Gasteiger partial charge in [0.15, 0.2) is 12.4 Å². The second kappa shape index (κ2) is 5.66. The average Bonchev–Trinajstić information content (AvgIpc) is 2.23. The van der Waals surface area contributed by atoms with Gasteiger partial charge in [0.25, 0.3) is 0 Å². The molecule has 7 nitrogen and oxygen atoms in total. The van der Waals surface area contributed by atoms with Crippen molar-refractivity contribution in [3.05, 3.63) is 0 Å². The van der Waals surface area contributed by atoms with E-state index in [1.54, 1.807) is 0 Å². The fourth-order valence-corrected chi connectivity index (χ4v) is 0.729. The molecule has 0 amide bonds.